The van der Waals surface area contributed by atoms with Crippen LogP contribution in [0.15, 0.2) is 60.7 Å². The zero-order chi connectivity index (χ0) is 25.7. The number of rotatable bonds is 5. The standard InChI is InChI=1S/C28H26N2O7/c1-2-11-29-20-8-4-3-7-19(20)28(27(29)34)23(25(32)26(33)30(28)16-18-6-5-12-35-18)24(31)17-9-10-21-22(15-17)37-14-13-36-21/h2-4,7-10,15,18,31H,1,5-6,11-14,16H2. The largest absolute Gasteiger partial charge is 0.507 e. The van der Waals surface area contributed by atoms with E-state index < -0.39 is 28.9 Å². The fraction of sp³-hybridized carbons (Fsp3) is 0.321. The van der Waals surface area contributed by atoms with E-state index in [0.717, 1.165) is 6.42 Å². The van der Waals surface area contributed by atoms with Crippen molar-refractivity contribution in [3.8, 4) is 11.5 Å². The summed E-state index contributed by atoms with van der Waals surface area (Å²) in [4.78, 5) is 44.4. The van der Waals surface area contributed by atoms with Gasteiger partial charge in [0.15, 0.2) is 17.0 Å². The quantitative estimate of drug-likeness (QED) is 0.290. The van der Waals surface area contributed by atoms with E-state index in [0.29, 0.717) is 49.0 Å². The predicted molar refractivity (Wildman–Crippen MR) is 133 cm³/mol. The number of aliphatic hydroxyl groups excluding tert-OH is 1. The Balaban J connectivity index is 1.60. The maximum absolute atomic E-state index is 14.3. The summed E-state index contributed by atoms with van der Waals surface area (Å²) in [6.45, 7) is 5.28. The molecule has 190 valence electrons. The highest BCUT2D eigenvalue weighted by Crippen LogP contribution is 2.54. The average molecular weight is 503 g/mol. The number of para-hydroxylation sites is 1. The lowest BCUT2D eigenvalue weighted by Crippen LogP contribution is -2.53. The Kier molecular flexibility index (Phi) is 5.52. The van der Waals surface area contributed by atoms with Crippen LogP contribution in [-0.4, -0.2) is 66.6 Å². The Morgan fingerprint density at radius 3 is 2.62 bits per heavy atom. The first-order valence-electron chi connectivity index (χ1n) is 12.3. The number of ether oxygens (including phenoxy) is 3. The van der Waals surface area contributed by atoms with Gasteiger partial charge in [0.2, 0.25) is 0 Å². The Morgan fingerprint density at radius 2 is 1.86 bits per heavy atom. The fourth-order valence-corrected chi connectivity index (χ4v) is 5.75. The Hall–Kier alpha value is -4.11. The van der Waals surface area contributed by atoms with Gasteiger partial charge in [0.25, 0.3) is 17.6 Å². The summed E-state index contributed by atoms with van der Waals surface area (Å²) in [5, 5.41) is 11.6. The van der Waals surface area contributed by atoms with E-state index in [1.165, 1.54) is 9.80 Å². The summed E-state index contributed by atoms with van der Waals surface area (Å²) in [6, 6.07) is 11.8. The van der Waals surface area contributed by atoms with Crippen LogP contribution in [0.1, 0.15) is 24.0 Å². The zero-order valence-electron chi connectivity index (χ0n) is 20.1. The molecule has 0 aromatic heterocycles. The van der Waals surface area contributed by atoms with E-state index in [-0.39, 0.29) is 30.3 Å². The van der Waals surface area contributed by atoms with E-state index in [2.05, 4.69) is 6.58 Å². The molecule has 2 unspecified atom stereocenters. The van der Waals surface area contributed by atoms with Crippen molar-refractivity contribution >= 4 is 29.0 Å². The number of fused-ring (bicyclic) bond motifs is 3. The fourth-order valence-electron chi connectivity index (χ4n) is 5.75. The van der Waals surface area contributed by atoms with Gasteiger partial charge in [-0.2, -0.15) is 0 Å². The summed E-state index contributed by atoms with van der Waals surface area (Å²) in [5.74, 6) is -1.80. The number of benzene rings is 2. The lowest BCUT2D eigenvalue weighted by molar-refractivity contribution is -0.145. The number of carbonyl (C=O) groups excluding carboxylic acids is 3. The van der Waals surface area contributed by atoms with Crippen molar-refractivity contribution in [2.24, 2.45) is 0 Å². The molecule has 1 spiro atoms. The number of anilines is 1. The molecule has 1 N–H and O–H groups in total. The number of ketones is 1. The summed E-state index contributed by atoms with van der Waals surface area (Å²) in [6.07, 6.45) is 2.79. The molecule has 0 saturated carbocycles. The smallest absolute Gasteiger partial charge is 0.296 e. The molecule has 2 atom stereocenters. The van der Waals surface area contributed by atoms with Gasteiger partial charge < -0.3 is 29.1 Å². The van der Waals surface area contributed by atoms with Crippen molar-refractivity contribution in [3.63, 3.8) is 0 Å². The van der Waals surface area contributed by atoms with E-state index in [1.807, 2.05) is 0 Å². The van der Waals surface area contributed by atoms with Gasteiger partial charge in [0.1, 0.15) is 19.0 Å². The maximum Gasteiger partial charge on any atom is 0.296 e. The van der Waals surface area contributed by atoms with Crippen molar-refractivity contribution in [2.75, 3.05) is 37.8 Å². The molecule has 2 fully saturated rings. The number of hydrogen-bond acceptors (Lipinski definition) is 7. The molecule has 2 saturated heterocycles. The molecule has 6 rings (SSSR count). The molecule has 9 heteroatoms. The van der Waals surface area contributed by atoms with E-state index in [1.54, 1.807) is 48.5 Å². The third kappa shape index (κ3) is 3.30. The van der Waals surface area contributed by atoms with Crippen molar-refractivity contribution in [2.45, 2.75) is 24.5 Å². The number of amides is 2. The van der Waals surface area contributed by atoms with Crippen LogP contribution < -0.4 is 14.4 Å². The lowest BCUT2D eigenvalue weighted by Gasteiger charge is -2.35. The molecular formula is C28H26N2O7. The van der Waals surface area contributed by atoms with Crippen molar-refractivity contribution in [1.82, 2.24) is 4.90 Å². The highest BCUT2D eigenvalue weighted by molar-refractivity contribution is 6.50. The first-order chi connectivity index (χ1) is 18.0. The van der Waals surface area contributed by atoms with Crippen molar-refractivity contribution in [3.05, 3.63) is 71.8 Å². The Morgan fingerprint density at radius 1 is 1.08 bits per heavy atom. The Bertz CT molecular complexity index is 1360. The maximum atomic E-state index is 14.3. The SMILES string of the molecule is C=CCN1C(=O)C2(C(=C(O)c3ccc4c(c3)OCCO4)C(=O)C(=O)N2CC2CCCO2)c2ccccc21. The zero-order valence-corrected chi connectivity index (χ0v) is 20.1. The van der Waals surface area contributed by atoms with Crippen LogP contribution in [0.5, 0.6) is 11.5 Å². The number of Topliss-reactive ketones (excluding diaryl/α,β-unsaturated/α-hetero) is 1. The second kappa shape index (κ2) is 8.77. The van der Waals surface area contributed by atoms with E-state index >= 15 is 0 Å². The van der Waals surface area contributed by atoms with Crippen LogP contribution in [0.25, 0.3) is 5.76 Å². The lowest BCUT2D eigenvalue weighted by atomic mass is 9.81. The molecule has 4 aliphatic heterocycles. The molecule has 0 aliphatic carbocycles. The molecule has 2 aromatic carbocycles. The molecule has 0 radical (unpaired) electrons. The molecule has 0 bridgehead atoms. The second-order valence-corrected chi connectivity index (χ2v) is 9.39. The van der Waals surface area contributed by atoms with Gasteiger partial charge in [-0.1, -0.05) is 24.3 Å². The van der Waals surface area contributed by atoms with E-state index in [4.69, 9.17) is 14.2 Å². The minimum atomic E-state index is -1.84. The first kappa shape index (κ1) is 23.3. The Labute approximate surface area is 213 Å². The predicted octanol–water partition coefficient (Wildman–Crippen LogP) is 2.75. The highest BCUT2D eigenvalue weighted by Gasteiger charge is 2.67. The van der Waals surface area contributed by atoms with Gasteiger partial charge in [-0.15, -0.1) is 6.58 Å². The third-order valence-electron chi connectivity index (χ3n) is 7.35. The van der Waals surface area contributed by atoms with Gasteiger partial charge >= 0.3 is 0 Å². The van der Waals surface area contributed by atoms with Crippen LogP contribution in [0.2, 0.25) is 0 Å². The first-order valence-corrected chi connectivity index (χ1v) is 12.3. The van der Waals surface area contributed by atoms with Crippen LogP contribution >= 0.6 is 0 Å². The number of hydrogen-bond donors (Lipinski definition) is 1. The third-order valence-corrected chi connectivity index (χ3v) is 7.35. The monoisotopic (exact) mass is 502 g/mol. The van der Waals surface area contributed by atoms with Crippen LogP contribution in [-0.2, 0) is 24.7 Å². The van der Waals surface area contributed by atoms with Crippen molar-refractivity contribution < 1.29 is 33.7 Å². The number of carbonyl (C=O) groups is 3. The van der Waals surface area contributed by atoms with Crippen LogP contribution in [0, 0.1) is 0 Å². The highest BCUT2D eigenvalue weighted by atomic mass is 16.6. The summed E-state index contributed by atoms with van der Waals surface area (Å²) in [7, 11) is 0. The van der Waals surface area contributed by atoms with Gasteiger partial charge in [-0.05, 0) is 37.1 Å². The summed E-state index contributed by atoms with van der Waals surface area (Å²) < 4.78 is 17.0. The normalized spacial score (nSPS) is 25.7. The van der Waals surface area contributed by atoms with Crippen molar-refractivity contribution in [1.29, 1.82) is 0 Å². The minimum Gasteiger partial charge on any atom is -0.507 e. The van der Waals surface area contributed by atoms with Crippen LogP contribution in [0.4, 0.5) is 5.69 Å². The molecule has 2 aromatic rings. The molecule has 37 heavy (non-hydrogen) atoms. The molecular weight excluding hydrogens is 476 g/mol. The van der Waals surface area contributed by atoms with Gasteiger partial charge in [-0.25, -0.2) is 0 Å². The second-order valence-electron chi connectivity index (χ2n) is 9.39. The number of aliphatic hydroxyl groups is 1. The number of likely N-dealkylation sites (tertiary alicyclic amines) is 1. The summed E-state index contributed by atoms with van der Waals surface area (Å²) >= 11 is 0. The molecule has 4 heterocycles. The van der Waals surface area contributed by atoms with Gasteiger partial charge in [-0.3, -0.25) is 14.4 Å². The topological polar surface area (TPSA) is 106 Å². The van der Waals surface area contributed by atoms with E-state index in [9.17, 15) is 19.5 Å². The summed E-state index contributed by atoms with van der Waals surface area (Å²) in [5.41, 5.74) is -0.850. The number of nitrogens with zero attached hydrogens (tertiary/aromatic N) is 2. The average Bonchev–Trinajstić information content (AvgIpc) is 3.58. The molecule has 2 amide bonds. The van der Waals surface area contributed by atoms with Gasteiger partial charge in [0.05, 0.1) is 17.4 Å². The minimum absolute atomic E-state index is 0.0461. The molecule has 4 aliphatic rings. The van der Waals surface area contributed by atoms with Gasteiger partial charge in [0, 0.05) is 30.8 Å². The van der Waals surface area contributed by atoms with Crippen LogP contribution in [0.3, 0.4) is 0 Å². The molecule has 9 nitrogen and oxygen atoms in total.